The van der Waals surface area contributed by atoms with E-state index in [9.17, 15) is 34.0 Å². The van der Waals surface area contributed by atoms with Gasteiger partial charge in [-0.3, -0.25) is 29.5 Å². The molecule has 1 atom stereocenters. The van der Waals surface area contributed by atoms with Gasteiger partial charge in [0.2, 0.25) is 0 Å². The molecule has 0 saturated heterocycles. The zero-order valence-corrected chi connectivity index (χ0v) is 16.7. The largest absolute Gasteiger partial charge is 0.465 e. The first-order chi connectivity index (χ1) is 13.4. The van der Waals surface area contributed by atoms with Gasteiger partial charge >= 0.3 is 6.09 Å². The predicted octanol–water partition coefficient (Wildman–Crippen LogP) is 3.42. The van der Waals surface area contributed by atoms with Crippen molar-refractivity contribution in [1.29, 1.82) is 0 Å². The van der Waals surface area contributed by atoms with Gasteiger partial charge in [-0.05, 0) is 46.1 Å². The van der Waals surface area contributed by atoms with Crippen LogP contribution in [0.5, 0.6) is 0 Å². The molecular formula is C19H24FN3O6. The van der Waals surface area contributed by atoms with E-state index in [1.165, 1.54) is 0 Å². The van der Waals surface area contributed by atoms with Gasteiger partial charge in [-0.1, -0.05) is 13.0 Å². The monoisotopic (exact) mass is 409 g/mol. The highest BCUT2D eigenvalue weighted by molar-refractivity contribution is 6.09. The van der Waals surface area contributed by atoms with E-state index in [2.05, 4.69) is 0 Å². The second-order valence-corrected chi connectivity index (χ2v) is 7.88. The SMILES string of the molecule is CCC(C(=O)N(C(=O)c1c(F)cccc1[N+](=O)[O-])C1CC1)N(C(=O)O)C(C)(C)C. The lowest BCUT2D eigenvalue weighted by Gasteiger charge is -2.40. The van der Waals surface area contributed by atoms with Gasteiger partial charge in [-0.25, -0.2) is 9.18 Å². The summed E-state index contributed by atoms with van der Waals surface area (Å²) in [6.45, 7) is 6.44. The Balaban J connectivity index is 2.52. The van der Waals surface area contributed by atoms with Gasteiger partial charge in [-0.15, -0.1) is 0 Å². The molecule has 1 fully saturated rings. The summed E-state index contributed by atoms with van der Waals surface area (Å²) in [5.74, 6) is -3.04. The standard InChI is InChI=1S/C19H24FN3O6/c1-5-13(22(18(26)27)19(2,3)4)16(24)21(11-9-10-11)17(25)15-12(20)7-6-8-14(15)23(28)29/h6-8,11,13H,5,9-10H2,1-4H3,(H,26,27). The molecule has 1 aliphatic rings. The highest BCUT2D eigenvalue weighted by Gasteiger charge is 2.46. The molecule has 0 radical (unpaired) electrons. The number of carboxylic acid groups (broad SMARTS) is 1. The van der Waals surface area contributed by atoms with E-state index in [0.717, 1.165) is 28.0 Å². The lowest BCUT2D eigenvalue weighted by molar-refractivity contribution is -0.385. The summed E-state index contributed by atoms with van der Waals surface area (Å²) in [6.07, 6.45) is -0.312. The van der Waals surface area contributed by atoms with Gasteiger partial charge in [-0.2, -0.15) is 0 Å². The number of benzene rings is 1. The number of hydrogen-bond acceptors (Lipinski definition) is 5. The molecule has 0 aliphatic heterocycles. The van der Waals surface area contributed by atoms with Crippen molar-refractivity contribution < 1.29 is 28.8 Å². The van der Waals surface area contributed by atoms with Crippen LogP contribution in [0.15, 0.2) is 18.2 Å². The first-order valence-corrected chi connectivity index (χ1v) is 9.24. The smallest absolute Gasteiger partial charge is 0.408 e. The second-order valence-electron chi connectivity index (χ2n) is 7.88. The molecule has 1 N–H and O–H groups in total. The second kappa shape index (κ2) is 8.14. The molecule has 29 heavy (non-hydrogen) atoms. The van der Waals surface area contributed by atoms with E-state index in [-0.39, 0.29) is 6.42 Å². The molecule has 1 aromatic rings. The fourth-order valence-corrected chi connectivity index (χ4v) is 3.29. The summed E-state index contributed by atoms with van der Waals surface area (Å²) < 4.78 is 14.4. The maximum atomic E-state index is 14.4. The van der Waals surface area contributed by atoms with Gasteiger partial charge < -0.3 is 5.11 Å². The Kier molecular flexibility index (Phi) is 6.24. The Morgan fingerprint density at radius 2 is 1.90 bits per heavy atom. The highest BCUT2D eigenvalue weighted by atomic mass is 19.1. The number of hydrogen-bond donors (Lipinski definition) is 1. The van der Waals surface area contributed by atoms with Crippen molar-refractivity contribution in [2.24, 2.45) is 0 Å². The summed E-state index contributed by atoms with van der Waals surface area (Å²) in [5, 5.41) is 20.9. The van der Waals surface area contributed by atoms with Gasteiger partial charge in [0.15, 0.2) is 5.56 Å². The van der Waals surface area contributed by atoms with E-state index in [4.69, 9.17) is 0 Å². The minimum Gasteiger partial charge on any atom is -0.465 e. The van der Waals surface area contributed by atoms with Crippen molar-refractivity contribution in [3.05, 3.63) is 39.7 Å². The molecule has 2 rings (SSSR count). The lowest BCUT2D eigenvalue weighted by atomic mass is 10.0. The maximum Gasteiger partial charge on any atom is 0.408 e. The number of nitro groups is 1. The number of amides is 3. The van der Waals surface area contributed by atoms with Crippen molar-refractivity contribution in [1.82, 2.24) is 9.80 Å². The van der Waals surface area contributed by atoms with E-state index in [1.807, 2.05) is 0 Å². The third-order valence-corrected chi connectivity index (χ3v) is 4.68. The van der Waals surface area contributed by atoms with E-state index >= 15 is 0 Å². The molecule has 0 aromatic heterocycles. The number of imide groups is 1. The van der Waals surface area contributed by atoms with Crippen molar-refractivity contribution in [3.8, 4) is 0 Å². The first-order valence-electron chi connectivity index (χ1n) is 9.24. The predicted molar refractivity (Wildman–Crippen MR) is 101 cm³/mol. The summed E-state index contributed by atoms with van der Waals surface area (Å²) in [5.41, 5.74) is -2.48. The number of halogens is 1. The van der Waals surface area contributed by atoms with Crippen molar-refractivity contribution in [3.63, 3.8) is 0 Å². The fraction of sp³-hybridized carbons (Fsp3) is 0.526. The highest BCUT2D eigenvalue weighted by Crippen LogP contribution is 2.33. The third kappa shape index (κ3) is 4.52. The zero-order valence-electron chi connectivity index (χ0n) is 16.7. The van der Waals surface area contributed by atoms with Crippen LogP contribution >= 0.6 is 0 Å². The Morgan fingerprint density at radius 3 is 2.31 bits per heavy atom. The van der Waals surface area contributed by atoms with Crippen molar-refractivity contribution >= 4 is 23.6 Å². The van der Waals surface area contributed by atoms with Crippen LogP contribution in [0.4, 0.5) is 14.9 Å². The molecule has 9 nitrogen and oxygen atoms in total. The minimum absolute atomic E-state index is 0.0816. The average Bonchev–Trinajstić information content (AvgIpc) is 3.42. The van der Waals surface area contributed by atoms with E-state index in [1.54, 1.807) is 27.7 Å². The maximum absolute atomic E-state index is 14.4. The summed E-state index contributed by atoms with van der Waals surface area (Å²) in [4.78, 5) is 50.3. The number of rotatable bonds is 6. The molecule has 1 saturated carbocycles. The third-order valence-electron chi connectivity index (χ3n) is 4.68. The molecule has 10 heteroatoms. The molecule has 158 valence electrons. The quantitative estimate of drug-likeness (QED) is 0.568. The minimum atomic E-state index is -1.34. The summed E-state index contributed by atoms with van der Waals surface area (Å²) >= 11 is 0. The van der Waals surface area contributed by atoms with Crippen LogP contribution in [0.25, 0.3) is 0 Å². The van der Waals surface area contributed by atoms with E-state index in [0.29, 0.717) is 12.8 Å². The Labute approximate surface area is 167 Å². The Hall–Kier alpha value is -3.04. The van der Waals surface area contributed by atoms with Gasteiger partial charge in [0.25, 0.3) is 17.5 Å². The molecule has 1 unspecified atom stereocenters. The lowest BCUT2D eigenvalue weighted by Crippen LogP contribution is -2.58. The molecule has 0 bridgehead atoms. The van der Waals surface area contributed by atoms with Crippen LogP contribution in [0.1, 0.15) is 57.3 Å². The molecule has 3 amide bonds. The number of carbonyl (C=O) groups is 3. The van der Waals surface area contributed by atoms with Crippen LogP contribution in [0, 0.1) is 15.9 Å². The van der Waals surface area contributed by atoms with Crippen LogP contribution in [0.2, 0.25) is 0 Å². The molecular weight excluding hydrogens is 385 g/mol. The molecule has 0 heterocycles. The van der Waals surface area contributed by atoms with Gasteiger partial charge in [0.1, 0.15) is 11.9 Å². The average molecular weight is 409 g/mol. The van der Waals surface area contributed by atoms with Crippen LogP contribution in [-0.2, 0) is 4.79 Å². The normalized spacial score (nSPS) is 14.8. The summed E-state index contributed by atoms with van der Waals surface area (Å²) in [7, 11) is 0. The Bertz CT molecular complexity index is 847. The molecule has 1 aliphatic carbocycles. The van der Waals surface area contributed by atoms with Crippen LogP contribution < -0.4 is 0 Å². The summed E-state index contributed by atoms with van der Waals surface area (Å²) in [6, 6.07) is 1.27. The van der Waals surface area contributed by atoms with Gasteiger partial charge in [0, 0.05) is 17.6 Å². The van der Waals surface area contributed by atoms with Crippen molar-refractivity contribution in [2.45, 2.75) is 64.6 Å². The number of nitrogens with zero attached hydrogens (tertiary/aromatic N) is 3. The van der Waals surface area contributed by atoms with E-state index < -0.39 is 57.5 Å². The van der Waals surface area contributed by atoms with Crippen LogP contribution in [-0.4, -0.2) is 55.4 Å². The van der Waals surface area contributed by atoms with Crippen LogP contribution in [0.3, 0.4) is 0 Å². The molecule has 0 spiro atoms. The van der Waals surface area contributed by atoms with Gasteiger partial charge in [0.05, 0.1) is 4.92 Å². The Morgan fingerprint density at radius 1 is 1.31 bits per heavy atom. The first kappa shape index (κ1) is 22.3. The number of nitro benzene ring substituents is 1. The topological polar surface area (TPSA) is 121 Å². The number of carbonyl (C=O) groups excluding carboxylic acids is 2. The van der Waals surface area contributed by atoms with Crippen molar-refractivity contribution in [2.75, 3.05) is 0 Å². The molecule has 1 aromatic carbocycles. The fourth-order valence-electron chi connectivity index (χ4n) is 3.29. The zero-order chi connectivity index (χ0) is 22.1.